The molecular weight excluding hydrogens is 600 g/mol. The van der Waals surface area contributed by atoms with Gasteiger partial charge in [-0.25, -0.2) is 8.42 Å². The molecule has 0 saturated carbocycles. The maximum Gasteiger partial charge on any atom is 0.248 e. The zero-order valence-electron chi connectivity index (χ0n) is 25.7. The van der Waals surface area contributed by atoms with Crippen LogP contribution >= 0.6 is 0 Å². The molecule has 0 aliphatic carbocycles. The molecule has 9 nitrogen and oxygen atoms in total. The average molecular weight is 637 g/mol. The minimum atomic E-state index is -3.46. The van der Waals surface area contributed by atoms with Crippen LogP contribution in [0.25, 0.3) is 0 Å². The first kappa shape index (κ1) is 32.1. The van der Waals surface area contributed by atoms with E-state index >= 15 is 0 Å². The molecule has 10 heteroatoms. The Morgan fingerprint density at radius 1 is 0.826 bits per heavy atom. The van der Waals surface area contributed by atoms with Crippen molar-refractivity contribution >= 4 is 27.3 Å². The van der Waals surface area contributed by atoms with E-state index in [0.717, 1.165) is 46.4 Å². The van der Waals surface area contributed by atoms with Gasteiger partial charge in [-0.2, -0.15) is 0 Å². The molecule has 0 unspecified atom stereocenters. The number of carbonyl (C=O) groups is 1. The minimum Gasteiger partial charge on any atom is -0.493 e. The Labute approximate surface area is 269 Å². The first-order valence-corrected chi connectivity index (χ1v) is 16.6. The van der Waals surface area contributed by atoms with Crippen LogP contribution < -0.4 is 24.8 Å². The highest BCUT2D eigenvalue weighted by Gasteiger charge is 2.16. The third-order valence-electron chi connectivity index (χ3n) is 7.27. The lowest BCUT2D eigenvalue weighted by Crippen LogP contribution is -2.23. The van der Waals surface area contributed by atoms with Crippen molar-refractivity contribution in [2.75, 3.05) is 22.5 Å². The summed E-state index contributed by atoms with van der Waals surface area (Å²) in [6.45, 7) is 3.46. The van der Waals surface area contributed by atoms with Gasteiger partial charge in [0.2, 0.25) is 15.9 Å². The Kier molecular flexibility index (Phi) is 10.2. The predicted octanol–water partition coefficient (Wildman–Crippen LogP) is 6.48. The largest absolute Gasteiger partial charge is 0.493 e. The Balaban J connectivity index is 1.30. The highest BCUT2D eigenvalue weighted by Crippen LogP contribution is 2.31. The quantitative estimate of drug-likeness (QED) is 0.143. The van der Waals surface area contributed by atoms with Gasteiger partial charge in [0.05, 0.1) is 18.6 Å². The van der Waals surface area contributed by atoms with E-state index in [1.807, 2.05) is 98.0 Å². The summed E-state index contributed by atoms with van der Waals surface area (Å²) in [6.07, 6.45) is 5.48. The van der Waals surface area contributed by atoms with Crippen LogP contribution in [0.1, 0.15) is 32.6 Å². The van der Waals surface area contributed by atoms with E-state index in [9.17, 15) is 13.2 Å². The van der Waals surface area contributed by atoms with E-state index in [-0.39, 0.29) is 0 Å². The van der Waals surface area contributed by atoms with Gasteiger partial charge in [0.1, 0.15) is 17.2 Å². The summed E-state index contributed by atoms with van der Waals surface area (Å²) in [6, 6.07) is 32.0. The summed E-state index contributed by atoms with van der Waals surface area (Å²) < 4.78 is 38.7. The molecular formula is C36H36N4O5S. The van der Waals surface area contributed by atoms with E-state index in [0.29, 0.717) is 42.4 Å². The number of aromatic nitrogens is 1. The molecule has 0 radical (unpaired) electrons. The van der Waals surface area contributed by atoms with Crippen LogP contribution in [0.2, 0.25) is 0 Å². The van der Waals surface area contributed by atoms with E-state index < -0.39 is 15.9 Å². The van der Waals surface area contributed by atoms with Gasteiger partial charge < -0.3 is 20.1 Å². The van der Waals surface area contributed by atoms with Crippen molar-refractivity contribution in [2.24, 2.45) is 5.73 Å². The lowest BCUT2D eigenvalue weighted by Gasteiger charge is -2.28. The number of ether oxygens (including phenoxy) is 2. The summed E-state index contributed by atoms with van der Waals surface area (Å²) in [5.74, 6) is 1.58. The van der Waals surface area contributed by atoms with Gasteiger partial charge in [0, 0.05) is 49.2 Å². The van der Waals surface area contributed by atoms with Gasteiger partial charge in [-0.05, 0) is 83.8 Å². The molecule has 0 saturated heterocycles. The number of carbonyl (C=O) groups excluding carboxylic acids is 1. The van der Waals surface area contributed by atoms with Gasteiger partial charge in [0.25, 0.3) is 0 Å². The predicted molar refractivity (Wildman–Crippen MR) is 181 cm³/mol. The van der Waals surface area contributed by atoms with E-state index in [4.69, 9.17) is 15.2 Å². The number of hydrogen-bond donors (Lipinski definition) is 2. The minimum absolute atomic E-state index is 0.434. The van der Waals surface area contributed by atoms with Crippen molar-refractivity contribution in [1.29, 1.82) is 0 Å². The third kappa shape index (κ3) is 9.09. The van der Waals surface area contributed by atoms with Crippen LogP contribution in [0.3, 0.4) is 0 Å². The smallest absolute Gasteiger partial charge is 0.248 e. The maximum atomic E-state index is 12.0. The number of nitrogens with zero attached hydrogens (tertiary/aromatic N) is 2. The molecule has 0 bridgehead atoms. The van der Waals surface area contributed by atoms with Gasteiger partial charge in [-0.15, -0.1) is 0 Å². The number of nitrogens with one attached hydrogen (secondary N) is 1. The molecule has 236 valence electrons. The number of sulfonamides is 1. The van der Waals surface area contributed by atoms with Crippen LogP contribution in [0.4, 0.5) is 11.4 Å². The third-order valence-corrected chi connectivity index (χ3v) is 7.86. The van der Waals surface area contributed by atoms with Crippen LogP contribution in [0.5, 0.6) is 17.2 Å². The van der Waals surface area contributed by atoms with Crippen LogP contribution in [-0.2, 0) is 29.5 Å². The van der Waals surface area contributed by atoms with E-state index in [2.05, 4.69) is 14.6 Å². The number of hydrogen-bond acceptors (Lipinski definition) is 7. The monoisotopic (exact) mass is 636 g/mol. The van der Waals surface area contributed by atoms with Gasteiger partial charge in [-0.1, -0.05) is 42.5 Å². The molecule has 0 aliphatic rings. The Bertz CT molecular complexity index is 1880. The molecule has 0 fully saturated rings. The summed E-state index contributed by atoms with van der Waals surface area (Å²) >= 11 is 0. The van der Waals surface area contributed by atoms with Crippen molar-refractivity contribution in [1.82, 2.24) is 4.98 Å². The van der Waals surface area contributed by atoms with Crippen molar-refractivity contribution in [3.8, 4) is 17.2 Å². The number of benzene rings is 4. The first-order chi connectivity index (χ1) is 22.1. The molecule has 1 heterocycles. The lowest BCUT2D eigenvalue weighted by molar-refractivity contribution is 0.1000. The lowest BCUT2D eigenvalue weighted by atomic mass is 10.1. The number of amides is 1. The van der Waals surface area contributed by atoms with Gasteiger partial charge in [-0.3, -0.25) is 14.5 Å². The Morgan fingerprint density at radius 2 is 1.50 bits per heavy atom. The van der Waals surface area contributed by atoms with E-state index in [1.165, 1.54) is 0 Å². The standard InChI is InChI=1S/C36H36N4O5S/c1-26-34(39-46(2,42)43)9-4-10-35(26)40(24-28-11-15-30(16-12-28)36(37)41)25-29-13-17-31(18-14-29)45-33-8-3-7-32(22-33)44-21-19-27-6-5-20-38-23-27/h3-18,20,22-23,39H,19,21,24-25H2,1-2H3,(H2,37,41). The van der Waals surface area contributed by atoms with Crippen LogP contribution in [0.15, 0.2) is 116 Å². The second kappa shape index (κ2) is 14.6. The zero-order chi connectivity index (χ0) is 32.5. The number of anilines is 2. The fourth-order valence-corrected chi connectivity index (χ4v) is 5.60. The molecule has 5 aromatic rings. The normalized spacial score (nSPS) is 11.1. The number of rotatable bonds is 14. The van der Waals surface area contributed by atoms with E-state index in [1.54, 1.807) is 24.4 Å². The van der Waals surface area contributed by atoms with Crippen LogP contribution in [-0.4, -0.2) is 32.2 Å². The molecule has 3 N–H and O–H groups in total. The van der Waals surface area contributed by atoms with Gasteiger partial charge in [0.15, 0.2) is 0 Å². The van der Waals surface area contributed by atoms with Crippen molar-refractivity contribution < 1.29 is 22.7 Å². The zero-order valence-corrected chi connectivity index (χ0v) is 26.5. The second-order valence-corrected chi connectivity index (χ2v) is 12.7. The molecule has 1 amide bonds. The molecule has 4 aromatic carbocycles. The molecule has 46 heavy (non-hydrogen) atoms. The van der Waals surface area contributed by atoms with Crippen LogP contribution in [0, 0.1) is 6.92 Å². The second-order valence-electron chi connectivity index (χ2n) is 10.9. The molecule has 0 spiro atoms. The fraction of sp³-hybridized carbons (Fsp3) is 0.167. The average Bonchev–Trinajstić information content (AvgIpc) is 3.03. The molecule has 0 aliphatic heterocycles. The molecule has 1 aromatic heterocycles. The van der Waals surface area contributed by atoms with Crippen molar-refractivity contribution in [3.05, 3.63) is 143 Å². The van der Waals surface area contributed by atoms with Crippen molar-refractivity contribution in [2.45, 2.75) is 26.4 Å². The topological polar surface area (TPSA) is 124 Å². The summed E-state index contributed by atoms with van der Waals surface area (Å²) in [7, 11) is -3.46. The Hall–Kier alpha value is -5.35. The summed E-state index contributed by atoms with van der Waals surface area (Å²) in [5, 5.41) is 0. The summed E-state index contributed by atoms with van der Waals surface area (Å²) in [5.41, 5.74) is 11.1. The van der Waals surface area contributed by atoms with Crippen molar-refractivity contribution in [3.63, 3.8) is 0 Å². The molecule has 0 atom stereocenters. The fourth-order valence-electron chi connectivity index (χ4n) is 4.98. The highest BCUT2D eigenvalue weighted by atomic mass is 32.2. The SMILES string of the molecule is Cc1c(NS(C)(=O)=O)cccc1N(Cc1ccc(Oc2cccc(OCCc3cccnc3)c2)cc1)Cc1ccc(C(N)=O)cc1. The highest BCUT2D eigenvalue weighted by molar-refractivity contribution is 7.92. The number of pyridine rings is 1. The maximum absolute atomic E-state index is 12.0. The molecule has 5 rings (SSSR count). The number of nitrogens with two attached hydrogens (primary N) is 1. The number of primary amides is 1. The van der Waals surface area contributed by atoms with Gasteiger partial charge >= 0.3 is 0 Å². The Morgan fingerprint density at radius 3 is 2.15 bits per heavy atom. The first-order valence-electron chi connectivity index (χ1n) is 14.7. The summed E-state index contributed by atoms with van der Waals surface area (Å²) in [4.78, 5) is 17.9.